The maximum Gasteiger partial charge on any atom is 0.341 e. The Morgan fingerprint density at radius 1 is 1.06 bits per heavy atom. The van der Waals surface area contributed by atoms with Gasteiger partial charge >= 0.3 is 5.97 Å². The van der Waals surface area contributed by atoms with Crippen molar-refractivity contribution in [2.75, 3.05) is 24.4 Å². The van der Waals surface area contributed by atoms with Crippen LogP contribution in [0.25, 0.3) is 0 Å². The van der Waals surface area contributed by atoms with Gasteiger partial charge in [-0.2, -0.15) is 0 Å². The molecular weight excluding hydrogens is 450 g/mol. The summed E-state index contributed by atoms with van der Waals surface area (Å²) in [5.41, 5.74) is 0.370. The Morgan fingerprint density at radius 2 is 1.79 bits per heavy atom. The average molecular weight is 469 g/mol. The van der Waals surface area contributed by atoms with Gasteiger partial charge in [-0.1, -0.05) is 24.3 Å². The molecule has 0 fully saturated rings. The van der Waals surface area contributed by atoms with E-state index in [0.717, 1.165) is 11.3 Å². The molecule has 0 atom stereocenters. The monoisotopic (exact) mass is 469 g/mol. The van der Waals surface area contributed by atoms with Crippen LogP contribution in [0.2, 0.25) is 0 Å². The summed E-state index contributed by atoms with van der Waals surface area (Å²) >= 11 is 0.883. The molecule has 0 bridgehead atoms. The molecule has 0 saturated heterocycles. The third-order valence-corrected chi connectivity index (χ3v) is 5.63. The molecule has 2 amide bonds. The van der Waals surface area contributed by atoms with Crippen molar-refractivity contribution >= 4 is 45.5 Å². The van der Waals surface area contributed by atoms with Crippen LogP contribution in [0.4, 0.5) is 16.4 Å². The molecule has 3 rings (SSSR count). The molecule has 0 radical (unpaired) electrons. The van der Waals surface area contributed by atoms with E-state index in [1.54, 1.807) is 31.2 Å². The Hall–Kier alpha value is -4.25. The normalized spacial score (nSPS) is 10.2. The first-order valence-electron chi connectivity index (χ1n) is 9.55. The molecule has 1 heterocycles. The largest absolute Gasteiger partial charge is 0.484 e. The summed E-state index contributed by atoms with van der Waals surface area (Å²) in [4.78, 5) is 48.1. The summed E-state index contributed by atoms with van der Waals surface area (Å²) in [5, 5.41) is 16.2. The Morgan fingerprint density at radius 3 is 2.45 bits per heavy atom. The van der Waals surface area contributed by atoms with Gasteiger partial charge in [0.2, 0.25) is 0 Å². The molecule has 0 saturated carbocycles. The Balaban J connectivity index is 1.81. The second kappa shape index (κ2) is 10.4. The number of nitrogens with one attached hydrogen (secondary N) is 2. The number of methoxy groups -OCH3 is 1. The molecule has 2 N–H and O–H groups in total. The van der Waals surface area contributed by atoms with Crippen molar-refractivity contribution in [2.24, 2.45) is 0 Å². The smallest absolute Gasteiger partial charge is 0.341 e. The predicted molar refractivity (Wildman–Crippen MR) is 122 cm³/mol. The zero-order valence-electron chi connectivity index (χ0n) is 17.6. The second-order valence-electron chi connectivity index (χ2n) is 6.66. The summed E-state index contributed by atoms with van der Waals surface area (Å²) in [5.74, 6) is -1.35. The number of nitrogens with zero attached hydrogens (tertiary/aromatic N) is 1. The first kappa shape index (κ1) is 23.4. The molecule has 0 aliphatic rings. The molecule has 2 aromatic carbocycles. The van der Waals surface area contributed by atoms with Gasteiger partial charge in [0.1, 0.15) is 10.8 Å². The highest BCUT2D eigenvalue weighted by Crippen LogP contribution is 2.34. The number of ether oxygens (including phenoxy) is 2. The lowest BCUT2D eigenvalue weighted by molar-refractivity contribution is -0.384. The van der Waals surface area contributed by atoms with E-state index in [-0.39, 0.29) is 33.4 Å². The topological polar surface area (TPSA) is 137 Å². The van der Waals surface area contributed by atoms with Crippen molar-refractivity contribution in [3.05, 3.63) is 80.7 Å². The van der Waals surface area contributed by atoms with Crippen LogP contribution in [-0.2, 0) is 9.53 Å². The minimum atomic E-state index is -0.725. The van der Waals surface area contributed by atoms with Gasteiger partial charge in [-0.25, -0.2) is 4.79 Å². The maximum atomic E-state index is 12.8. The number of hydrogen-bond donors (Lipinski definition) is 2. The third-order valence-electron chi connectivity index (χ3n) is 4.42. The Kier molecular flexibility index (Phi) is 7.36. The number of nitro benzene ring substituents is 1. The number of benzene rings is 2. The minimum Gasteiger partial charge on any atom is -0.484 e. The van der Waals surface area contributed by atoms with E-state index in [4.69, 9.17) is 9.47 Å². The summed E-state index contributed by atoms with van der Waals surface area (Å²) < 4.78 is 10.2. The van der Waals surface area contributed by atoms with Crippen molar-refractivity contribution in [2.45, 2.75) is 6.92 Å². The molecule has 33 heavy (non-hydrogen) atoms. The van der Waals surface area contributed by atoms with Crippen molar-refractivity contribution < 1.29 is 28.8 Å². The average Bonchev–Trinajstić information content (AvgIpc) is 3.13. The summed E-state index contributed by atoms with van der Waals surface area (Å²) in [6.07, 6.45) is 0. The SMILES string of the molecule is COC(=O)c1c(NC(=O)COc2ccccc2)sc(C(=O)Nc2cccc([N+](=O)[O-])c2)c1C. The fourth-order valence-corrected chi connectivity index (χ4v) is 3.99. The lowest BCUT2D eigenvalue weighted by Gasteiger charge is -2.07. The number of carbonyl (C=O) groups is 3. The molecule has 0 aliphatic heterocycles. The number of thiophene rings is 1. The van der Waals surface area contributed by atoms with E-state index in [1.165, 1.54) is 31.4 Å². The van der Waals surface area contributed by atoms with Gasteiger partial charge in [0, 0.05) is 17.8 Å². The van der Waals surface area contributed by atoms with Crippen LogP contribution < -0.4 is 15.4 Å². The number of hydrogen-bond acceptors (Lipinski definition) is 8. The lowest BCUT2D eigenvalue weighted by atomic mass is 10.1. The zero-order chi connectivity index (χ0) is 24.0. The number of rotatable bonds is 8. The molecule has 11 heteroatoms. The van der Waals surface area contributed by atoms with Crippen LogP contribution in [0.1, 0.15) is 25.6 Å². The van der Waals surface area contributed by atoms with Crippen LogP contribution in [0.3, 0.4) is 0 Å². The van der Waals surface area contributed by atoms with E-state index < -0.39 is 22.7 Å². The van der Waals surface area contributed by atoms with E-state index in [0.29, 0.717) is 11.3 Å². The molecule has 0 aliphatic carbocycles. The van der Waals surface area contributed by atoms with E-state index in [9.17, 15) is 24.5 Å². The number of esters is 1. The van der Waals surface area contributed by atoms with Gasteiger partial charge in [-0.05, 0) is 30.7 Å². The highest BCUT2D eigenvalue weighted by Gasteiger charge is 2.26. The van der Waals surface area contributed by atoms with Crippen molar-refractivity contribution in [1.82, 2.24) is 0 Å². The highest BCUT2D eigenvalue weighted by molar-refractivity contribution is 7.18. The molecule has 0 spiro atoms. The fraction of sp³-hybridized carbons (Fsp3) is 0.136. The van der Waals surface area contributed by atoms with Gasteiger partial charge in [0.15, 0.2) is 6.61 Å². The molecule has 1 aromatic heterocycles. The van der Waals surface area contributed by atoms with Gasteiger partial charge in [-0.15, -0.1) is 11.3 Å². The van der Waals surface area contributed by atoms with Crippen LogP contribution in [-0.4, -0.2) is 36.4 Å². The lowest BCUT2D eigenvalue weighted by Crippen LogP contribution is -2.21. The zero-order valence-corrected chi connectivity index (χ0v) is 18.4. The second-order valence-corrected chi connectivity index (χ2v) is 7.68. The fourth-order valence-electron chi connectivity index (χ4n) is 2.88. The number of anilines is 2. The molecule has 0 unspecified atom stereocenters. The summed E-state index contributed by atoms with van der Waals surface area (Å²) in [7, 11) is 1.19. The quantitative estimate of drug-likeness (QED) is 0.289. The first-order chi connectivity index (χ1) is 15.8. The van der Waals surface area contributed by atoms with E-state index >= 15 is 0 Å². The van der Waals surface area contributed by atoms with Gasteiger partial charge in [0.25, 0.3) is 17.5 Å². The van der Waals surface area contributed by atoms with Crippen LogP contribution in [0.15, 0.2) is 54.6 Å². The molecule has 10 nitrogen and oxygen atoms in total. The van der Waals surface area contributed by atoms with Gasteiger partial charge in [-0.3, -0.25) is 19.7 Å². The Bertz CT molecular complexity index is 1210. The van der Waals surface area contributed by atoms with Crippen LogP contribution in [0.5, 0.6) is 5.75 Å². The number of amides is 2. The van der Waals surface area contributed by atoms with Crippen molar-refractivity contribution in [3.63, 3.8) is 0 Å². The van der Waals surface area contributed by atoms with Crippen LogP contribution >= 0.6 is 11.3 Å². The van der Waals surface area contributed by atoms with Crippen LogP contribution in [0, 0.1) is 17.0 Å². The standard InChI is InChI=1S/C22H19N3O7S/c1-13-18(22(28)31-2)21(24-17(26)12-32-16-9-4-3-5-10-16)33-19(13)20(27)23-14-7-6-8-15(11-14)25(29)30/h3-11H,12H2,1-2H3,(H,23,27)(H,24,26). The van der Waals surface area contributed by atoms with Crippen molar-refractivity contribution in [1.29, 1.82) is 0 Å². The van der Waals surface area contributed by atoms with Crippen molar-refractivity contribution in [3.8, 4) is 5.75 Å². The van der Waals surface area contributed by atoms with E-state index in [1.807, 2.05) is 6.07 Å². The molecule has 3 aromatic rings. The number of para-hydroxylation sites is 1. The molecular formula is C22H19N3O7S. The summed E-state index contributed by atoms with van der Waals surface area (Å²) in [6, 6.07) is 14.2. The first-order valence-corrected chi connectivity index (χ1v) is 10.4. The summed E-state index contributed by atoms with van der Waals surface area (Å²) in [6.45, 7) is 1.23. The number of nitro groups is 1. The maximum absolute atomic E-state index is 12.8. The minimum absolute atomic E-state index is 0.0414. The predicted octanol–water partition coefficient (Wildman–Crippen LogP) is 4.02. The van der Waals surface area contributed by atoms with Gasteiger partial charge < -0.3 is 20.1 Å². The highest BCUT2D eigenvalue weighted by atomic mass is 32.1. The third kappa shape index (κ3) is 5.71. The Labute approximate surface area is 192 Å². The number of carbonyl (C=O) groups excluding carboxylic acids is 3. The number of non-ortho nitro benzene ring substituents is 1. The van der Waals surface area contributed by atoms with E-state index in [2.05, 4.69) is 10.6 Å². The molecule has 170 valence electrons. The van der Waals surface area contributed by atoms with Gasteiger partial charge in [0.05, 0.1) is 22.5 Å².